The molecule has 1 fully saturated rings. The maximum atomic E-state index is 11.7. The Labute approximate surface area is 148 Å². The Bertz CT molecular complexity index is 841. The number of nitrogens with zero attached hydrogens (tertiary/aromatic N) is 3. The number of aromatic nitrogens is 2. The number of ether oxygens (including phenoxy) is 1. The largest absolute Gasteiger partial charge is 0.492 e. The fraction of sp³-hybridized carbons (Fsp3) is 0.412. The molecule has 1 aliphatic heterocycles. The van der Waals surface area contributed by atoms with Crippen molar-refractivity contribution in [2.45, 2.75) is 19.4 Å². The number of rotatable bonds is 6. The minimum atomic E-state index is -2.94. The Kier molecular flexibility index (Phi) is 5.08. The quantitative estimate of drug-likeness (QED) is 0.843. The molecular formula is C17H22N4O3S. The maximum Gasteiger partial charge on any atom is 0.152 e. The molecule has 1 aliphatic rings. The van der Waals surface area contributed by atoms with Crippen molar-refractivity contribution < 1.29 is 13.2 Å². The van der Waals surface area contributed by atoms with E-state index in [1.807, 2.05) is 49.2 Å². The summed E-state index contributed by atoms with van der Waals surface area (Å²) in [5, 5.41) is 3.24. The predicted molar refractivity (Wildman–Crippen MR) is 98.4 cm³/mol. The third-order valence-electron chi connectivity index (χ3n) is 4.22. The lowest BCUT2D eigenvalue weighted by Gasteiger charge is -2.24. The van der Waals surface area contributed by atoms with Crippen LogP contribution in [0.25, 0.3) is 0 Å². The Morgan fingerprint density at radius 3 is 2.84 bits per heavy atom. The Morgan fingerprint density at radius 1 is 1.32 bits per heavy atom. The molecule has 0 saturated carbocycles. The second-order valence-electron chi connectivity index (χ2n) is 5.98. The van der Waals surface area contributed by atoms with Crippen LogP contribution in [0.3, 0.4) is 0 Å². The molecule has 0 spiro atoms. The number of anilines is 3. The van der Waals surface area contributed by atoms with Crippen molar-refractivity contribution in [2.75, 3.05) is 35.4 Å². The molecule has 1 aromatic heterocycles. The van der Waals surface area contributed by atoms with E-state index in [1.54, 1.807) is 0 Å². The van der Waals surface area contributed by atoms with Gasteiger partial charge in [-0.05, 0) is 25.5 Å². The van der Waals surface area contributed by atoms with Gasteiger partial charge < -0.3 is 15.0 Å². The van der Waals surface area contributed by atoms with Gasteiger partial charge in [-0.15, -0.1) is 0 Å². The average Bonchev–Trinajstić information content (AvgIpc) is 2.96. The molecule has 0 amide bonds. The lowest BCUT2D eigenvalue weighted by Crippen LogP contribution is -2.33. The first-order valence-corrected chi connectivity index (χ1v) is 10.0. The van der Waals surface area contributed by atoms with E-state index in [4.69, 9.17) is 4.74 Å². The van der Waals surface area contributed by atoms with Crippen LogP contribution in [0, 0.1) is 0 Å². The topological polar surface area (TPSA) is 84.4 Å². The van der Waals surface area contributed by atoms with Crippen molar-refractivity contribution >= 4 is 27.2 Å². The van der Waals surface area contributed by atoms with Crippen LogP contribution >= 0.6 is 0 Å². The van der Waals surface area contributed by atoms with E-state index in [2.05, 4.69) is 15.3 Å². The van der Waals surface area contributed by atoms with E-state index in [0.29, 0.717) is 24.7 Å². The second kappa shape index (κ2) is 7.26. The molecule has 0 radical (unpaired) electrons. The van der Waals surface area contributed by atoms with Crippen molar-refractivity contribution in [3.63, 3.8) is 0 Å². The van der Waals surface area contributed by atoms with Crippen LogP contribution in [0.1, 0.15) is 13.3 Å². The van der Waals surface area contributed by atoms with Crippen molar-refractivity contribution in [1.82, 2.24) is 9.97 Å². The summed E-state index contributed by atoms with van der Waals surface area (Å²) in [7, 11) is -1.07. The molecule has 2 heterocycles. The van der Waals surface area contributed by atoms with E-state index in [-0.39, 0.29) is 17.5 Å². The zero-order valence-electron chi connectivity index (χ0n) is 14.3. The minimum absolute atomic E-state index is 0.0524. The van der Waals surface area contributed by atoms with E-state index in [9.17, 15) is 8.42 Å². The first-order chi connectivity index (χ1) is 12.0. The van der Waals surface area contributed by atoms with Gasteiger partial charge in [0.05, 0.1) is 23.8 Å². The SMILES string of the molecule is CCOc1ccccc1Nc1cc(N(C)C2CCS(=O)(=O)C2)ncn1. The first-order valence-electron chi connectivity index (χ1n) is 8.22. The van der Waals surface area contributed by atoms with Gasteiger partial charge in [0.25, 0.3) is 0 Å². The standard InChI is InChI=1S/C17H22N4O3S/c1-3-24-15-7-5-4-6-14(15)20-16-10-17(19-12-18-16)21(2)13-8-9-25(22,23)11-13/h4-7,10,12-13H,3,8-9,11H2,1-2H3,(H,18,19,20). The molecule has 0 bridgehead atoms. The molecule has 1 aromatic carbocycles. The minimum Gasteiger partial charge on any atom is -0.492 e. The van der Waals surface area contributed by atoms with Gasteiger partial charge in [0, 0.05) is 19.2 Å². The number of sulfone groups is 1. The number of nitrogens with one attached hydrogen (secondary N) is 1. The van der Waals surface area contributed by atoms with Gasteiger partial charge in [-0.2, -0.15) is 0 Å². The highest BCUT2D eigenvalue weighted by Crippen LogP contribution is 2.28. The molecule has 1 saturated heterocycles. The predicted octanol–water partition coefficient (Wildman–Crippen LogP) is 2.24. The molecule has 1 atom stereocenters. The number of benzene rings is 1. The van der Waals surface area contributed by atoms with Crippen molar-refractivity contribution in [3.05, 3.63) is 36.7 Å². The zero-order valence-corrected chi connectivity index (χ0v) is 15.2. The van der Waals surface area contributed by atoms with E-state index in [1.165, 1.54) is 6.33 Å². The smallest absolute Gasteiger partial charge is 0.152 e. The number of hydrogen-bond donors (Lipinski definition) is 1. The third-order valence-corrected chi connectivity index (χ3v) is 5.97. The van der Waals surface area contributed by atoms with Crippen LogP contribution in [0.5, 0.6) is 5.75 Å². The van der Waals surface area contributed by atoms with E-state index >= 15 is 0 Å². The molecule has 25 heavy (non-hydrogen) atoms. The summed E-state index contributed by atoms with van der Waals surface area (Å²) >= 11 is 0. The molecule has 1 N–H and O–H groups in total. The summed E-state index contributed by atoms with van der Waals surface area (Å²) in [5.41, 5.74) is 0.820. The van der Waals surface area contributed by atoms with Crippen LogP contribution in [-0.4, -0.2) is 49.6 Å². The van der Waals surface area contributed by atoms with Gasteiger partial charge in [0.2, 0.25) is 0 Å². The highest BCUT2D eigenvalue weighted by Gasteiger charge is 2.31. The summed E-state index contributed by atoms with van der Waals surface area (Å²) in [5.74, 6) is 2.47. The lowest BCUT2D eigenvalue weighted by molar-refractivity contribution is 0.342. The molecular weight excluding hydrogens is 340 g/mol. The highest BCUT2D eigenvalue weighted by atomic mass is 32.2. The summed E-state index contributed by atoms with van der Waals surface area (Å²) in [6.07, 6.45) is 2.10. The van der Waals surface area contributed by atoms with E-state index < -0.39 is 9.84 Å². The number of para-hydroxylation sites is 2. The van der Waals surface area contributed by atoms with Crippen molar-refractivity contribution in [2.24, 2.45) is 0 Å². The molecule has 1 unspecified atom stereocenters. The Balaban J connectivity index is 1.78. The monoisotopic (exact) mass is 362 g/mol. The number of hydrogen-bond acceptors (Lipinski definition) is 7. The molecule has 8 heteroatoms. The zero-order chi connectivity index (χ0) is 17.9. The molecule has 7 nitrogen and oxygen atoms in total. The normalized spacial score (nSPS) is 18.7. The van der Waals surface area contributed by atoms with Crippen molar-refractivity contribution in [1.29, 1.82) is 0 Å². The Hall–Kier alpha value is -2.35. The van der Waals surface area contributed by atoms with Gasteiger partial charge in [0.15, 0.2) is 9.84 Å². The lowest BCUT2D eigenvalue weighted by atomic mass is 10.2. The fourth-order valence-electron chi connectivity index (χ4n) is 2.87. The third kappa shape index (κ3) is 4.19. The summed E-state index contributed by atoms with van der Waals surface area (Å²) < 4.78 is 29.0. The molecule has 134 valence electrons. The van der Waals surface area contributed by atoms with Crippen LogP contribution < -0.4 is 15.0 Å². The fourth-order valence-corrected chi connectivity index (χ4v) is 4.64. The first kappa shape index (κ1) is 17.5. The van der Waals surface area contributed by atoms with Crippen LogP contribution in [0.2, 0.25) is 0 Å². The molecule has 2 aromatic rings. The summed E-state index contributed by atoms with van der Waals surface area (Å²) in [6, 6.07) is 9.40. The maximum absolute atomic E-state index is 11.7. The average molecular weight is 362 g/mol. The second-order valence-corrected chi connectivity index (χ2v) is 8.21. The summed E-state index contributed by atoms with van der Waals surface area (Å²) in [4.78, 5) is 10.4. The van der Waals surface area contributed by atoms with Gasteiger partial charge in [-0.25, -0.2) is 18.4 Å². The van der Waals surface area contributed by atoms with E-state index in [0.717, 1.165) is 11.4 Å². The van der Waals surface area contributed by atoms with Gasteiger partial charge >= 0.3 is 0 Å². The Morgan fingerprint density at radius 2 is 2.12 bits per heavy atom. The van der Waals surface area contributed by atoms with Gasteiger partial charge in [0.1, 0.15) is 23.7 Å². The van der Waals surface area contributed by atoms with Gasteiger partial charge in [-0.1, -0.05) is 12.1 Å². The van der Waals surface area contributed by atoms with Crippen LogP contribution in [-0.2, 0) is 9.84 Å². The van der Waals surface area contributed by atoms with Crippen LogP contribution in [0.4, 0.5) is 17.3 Å². The highest BCUT2D eigenvalue weighted by molar-refractivity contribution is 7.91. The molecule has 3 rings (SSSR count). The molecule has 0 aliphatic carbocycles. The van der Waals surface area contributed by atoms with Gasteiger partial charge in [-0.3, -0.25) is 0 Å². The van der Waals surface area contributed by atoms with Crippen molar-refractivity contribution in [3.8, 4) is 5.75 Å². The summed E-state index contributed by atoms with van der Waals surface area (Å²) in [6.45, 7) is 2.51. The van der Waals surface area contributed by atoms with Crippen LogP contribution in [0.15, 0.2) is 36.7 Å².